The van der Waals surface area contributed by atoms with Crippen LogP contribution in [0.15, 0.2) is 24.3 Å². The molecule has 1 aromatic carbocycles. The summed E-state index contributed by atoms with van der Waals surface area (Å²) in [6.45, 7) is 0.594. The van der Waals surface area contributed by atoms with Crippen molar-refractivity contribution in [2.45, 2.75) is 6.42 Å². The van der Waals surface area contributed by atoms with Crippen LogP contribution in [0.3, 0.4) is 0 Å². The zero-order valence-corrected chi connectivity index (χ0v) is 7.54. The highest BCUT2D eigenvalue weighted by atomic mass is 16.5. The molecular weight excluding hydrogens is 166 g/mol. The Kier molecular flexibility index (Phi) is 3.82. The van der Waals surface area contributed by atoms with Crippen LogP contribution < -0.4 is 5.32 Å². The monoisotopic (exact) mass is 178 g/mol. The van der Waals surface area contributed by atoms with Crippen LogP contribution >= 0.6 is 0 Å². The van der Waals surface area contributed by atoms with E-state index >= 15 is 0 Å². The van der Waals surface area contributed by atoms with E-state index < -0.39 is 0 Å². The van der Waals surface area contributed by atoms with Crippen LogP contribution in [-0.4, -0.2) is 19.7 Å². The Hall–Kier alpha value is -1.51. The molecule has 1 aromatic rings. The molecule has 0 atom stereocenters. The van der Waals surface area contributed by atoms with Crippen molar-refractivity contribution in [1.82, 2.24) is 5.32 Å². The van der Waals surface area contributed by atoms with Crippen molar-refractivity contribution in [3.8, 4) is 0 Å². The summed E-state index contributed by atoms with van der Waals surface area (Å²) in [7, 11) is 1.35. The first-order valence-corrected chi connectivity index (χ1v) is 4.09. The van der Waals surface area contributed by atoms with E-state index in [9.17, 15) is 4.79 Å². The molecule has 1 radical (unpaired) electrons. The van der Waals surface area contributed by atoms with Crippen LogP contribution in [0.4, 0.5) is 4.79 Å². The van der Waals surface area contributed by atoms with Gasteiger partial charge < -0.3 is 10.1 Å². The summed E-state index contributed by atoms with van der Waals surface area (Å²) in [6, 6.07) is 10.6. The first kappa shape index (κ1) is 9.58. The van der Waals surface area contributed by atoms with Gasteiger partial charge in [-0.3, -0.25) is 0 Å². The second-order valence-corrected chi connectivity index (χ2v) is 2.58. The molecule has 0 spiro atoms. The highest BCUT2D eigenvalue weighted by molar-refractivity contribution is 5.66. The minimum Gasteiger partial charge on any atom is -0.453 e. The highest BCUT2D eigenvalue weighted by Crippen LogP contribution is 1.97. The predicted molar refractivity (Wildman–Crippen MR) is 49.4 cm³/mol. The smallest absolute Gasteiger partial charge is 0.406 e. The molecule has 0 saturated carbocycles. The van der Waals surface area contributed by atoms with E-state index in [0.717, 1.165) is 6.42 Å². The molecule has 0 fully saturated rings. The van der Waals surface area contributed by atoms with Gasteiger partial charge in [0.05, 0.1) is 7.11 Å². The van der Waals surface area contributed by atoms with Gasteiger partial charge in [-0.1, -0.05) is 24.3 Å². The summed E-state index contributed by atoms with van der Waals surface area (Å²) in [5.41, 5.74) is 1.18. The number of methoxy groups -OCH3 is 1. The topological polar surface area (TPSA) is 38.3 Å². The summed E-state index contributed by atoms with van der Waals surface area (Å²) >= 11 is 0. The first-order valence-electron chi connectivity index (χ1n) is 4.09. The molecule has 0 aliphatic rings. The Morgan fingerprint density at radius 2 is 2.23 bits per heavy atom. The van der Waals surface area contributed by atoms with Crippen LogP contribution in [0, 0.1) is 6.07 Å². The van der Waals surface area contributed by atoms with Crippen molar-refractivity contribution in [1.29, 1.82) is 0 Å². The molecule has 0 aliphatic heterocycles. The maximum Gasteiger partial charge on any atom is 0.406 e. The van der Waals surface area contributed by atoms with Crippen molar-refractivity contribution in [3.63, 3.8) is 0 Å². The van der Waals surface area contributed by atoms with Crippen LogP contribution in [0.1, 0.15) is 5.56 Å². The van der Waals surface area contributed by atoms with Gasteiger partial charge in [0.1, 0.15) is 0 Å². The summed E-state index contributed by atoms with van der Waals surface area (Å²) < 4.78 is 4.43. The minimum absolute atomic E-state index is 0.387. The third-order valence-corrected chi connectivity index (χ3v) is 1.66. The molecule has 0 heterocycles. The predicted octanol–water partition coefficient (Wildman–Crippen LogP) is 1.39. The fourth-order valence-electron chi connectivity index (χ4n) is 0.969. The number of amides is 1. The molecular formula is C10H12NO2. The number of benzene rings is 1. The molecule has 0 aliphatic carbocycles. The standard InChI is InChI=1S/C10H12NO2/c1-13-10(12)11-8-7-9-5-3-2-4-6-9/h3-6H,7-8H2,1H3,(H,11,12). The van der Waals surface area contributed by atoms with Gasteiger partial charge in [-0.2, -0.15) is 0 Å². The minimum atomic E-state index is -0.387. The summed E-state index contributed by atoms with van der Waals surface area (Å²) in [5.74, 6) is 0. The average Bonchev–Trinajstić information content (AvgIpc) is 2.19. The van der Waals surface area contributed by atoms with Crippen molar-refractivity contribution < 1.29 is 9.53 Å². The second kappa shape index (κ2) is 5.19. The summed E-state index contributed by atoms with van der Waals surface area (Å²) in [6.07, 6.45) is 0.423. The second-order valence-electron chi connectivity index (χ2n) is 2.58. The van der Waals surface area contributed by atoms with Gasteiger partial charge in [-0.15, -0.1) is 0 Å². The normalized spacial score (nSPS) is 9.31. The van der Waals surface area contributed by atoms with E-state index in [1.807, 2.05) is 24.3 Å². The first-order chi connectivity index (χ1) is 6.33. The summed E-state index contributed by atoms with van der Waals surface area (Å²) in [4.78, 5) is 10.7. The van der Waals surface area contributed by atoms with Crippen molar-refractivity contribution >= 4 is 6.09 Å². The number of carbonyl (C=O) groups is 1. The van der Waals surface area contributed by atoms with E-state index in [4.69, 9.17) is 0 Å². The van der Waals surface area contributed by atoms with Crippen molar-refractivity contribution in [2.24, 2.45) is 0 Å². The molecule has 0 aromatic heterocycles. The molecule has 69 valence electrons. The third kappa shape index (κ3) is 3.60. The Morgan fingerprint density at radius 1 is 1.54 bits per heavy atom. The van der Waals surface area contributed by atoms with Crippen LogP contribution in [0.2, 0.25) is 0 Å². The number of ether oxygens (including phenoxy) is 1. The van der Waals surface area contributed by atoms with Gasteiger partial charge in [-0.05, 0) is 18.1 Å². The molecule has 13 heavy (non-hydrogen) atoms. The van der Waals surface area contributed by atoms with Crippen molar-refractivity contribution in [3.05, 3.63) is 35.9 Å². The molecule has 3 heteroatoms. The van der Waals surface area contributed by atoms with E-state index in [0.29, 0.717) is 6.54 Å². The van der Waals surface area contributed by atoms with Gasteiger partial charge in [0.2, 0.25) is 0 Å². The Labute approximate surface area is 77.7 Å². The molecule has 1 N–H and O–H groups in total. The Bertz CT molecular complexity index is 259. The van der Waals surface area contributed by atoms with E-state index in [-0.39, 0.29) is 6.09 Å². The van der Waals surface area contributed by atoms with E-state index in [2.05, 4.69) is 16.1 Å². The van der Waals surface area contributed by atoms with Gasteiger partial charge in [0, 0.05) is 6.54 Å². The number of carbonyl (C=O) groups excluding carboxylic acids is 1. The lowest BCUT2D eigenvalue weighted by atomic mass is 10.1. The van der Waals surface area contributed by atoms with Crippen LogP contribution in [0.5, 0.6) is 0 Å². The average molecular weight is 178 g/mol. The Balaban J connectivity index is 2.24. The Morgan fingerprint density at radius 3 is 2.85 bits per heavy atom. The molecule has 0 saturated heterocycles. The van der Waals surface area contributed by atoms with Gasteiger partial charge in [0.25, 0.3) is 0 Å². The van der Waals surface area contributed by atoms with Gasteiger partial charge >= 0.3 is 6.09 Å². The fraction of sp³-hybridized carbons (Fsp3) is 0.300. The third-order valence-electron chi connectivity index (χ3n) is 1.66. The van der Waals surface area contributed by atoms with Crippen molar-refractivity contribution in [2.75, 3.05) is 13.7 Å². The molecule has 1 rings (SSSR count). The number of hydrogen-bond acceptors (Lipinski definition) is 2. The summed E-state index contributed by atoms with van der Waals surface area (Å²) in [5, 5.41) is 2.61. The fourth-order valence-corrected chi connectivity index (χ4v) is 0.969. The highest BCUT2D eigenvalue weighted by Gasteiger charge is 1.96. The molecule has 1 amide bonds. The quantitative estimate of drug-likeness (QED) is 0.759. The lowest BCUT2D eigenvalue weighted by Crippen LogP contribution is -2.25. The largest absolute Gasteiger partial charge is 0.453 e. The number of alkyl carbamates (subject to hydrolysis) is 1. The number of hydrogen-bond donors (Lipinski definition) is 1. The van der Waals surface area contributed by atoms with E-state index in [1.165, 1.54) is 12.7 Å². The maximum atomic E-state index is 10.7. The molecule has 0 bridgehead atoms. The number of nitrogens with one attached hydrogen (secondary N) is 1. The lowest BCUT2D eigenvalue weighted by Gasteiger charge is -2.02. The lowest BCUT2D eigenvalue weighted by molar-refractivity contribution is 0.171. The SMILES string of the molecule is COC(=O)NCCc1cc[c]cc1. The maximum absolute atomic E-state index is 10.7. The van der Waals surface area contributed by atoms with Gasteiger partial charge in [0.15, 0.2) is 0 Å². The molecule has 0 unspecified atom stereocenters. The number of rotatable bonds is 3. The zero-order valence-electron chi connectivity index (χ0n) is 7.54. The van der Waals surface area contributed by atoms with Crippen LogP contribution in [-0.2, 0) is 11.2 Å². The van der Waals surface area contributed by atoms with E-state index in [1.54, 1.807) is 0 Å². The van der Waals surface area contributed by atoms with Gasteiger partial charge in [-0.25, -0.2) is 4.79 Å². The zero-order chi connectivity index (χ0) is 9.52. The van der Waals surface area contributed by atoms with Crippen LogP contribution in [0.25, 0.3) is 0 Å². The molecule has 3 nitrogen and oxygen atoms in total.